The summed E-state index contributed by atoms with van der Waals surface area (Å²) < 4.78 is 0. The quantitative estimate of drug-likeness (QED) is 0.276. The Morgan fingerprint density at radius 2 is 1.82 bits per heavy atom. The third kappa shape index (κ3) is 8.15. The number of nitrogens with zero attached hydrogens (tertiary/aromatic N) is 1. The lowest BCUT2D eigenvalue weighted by molar-refractivity contribution is -0.132. The van der Waals surface area contributed by atoms with Gasteiger partial charge in [0.25, 0.3) is 0 Å². The van der Waals surface area contributed by atoms with Crippen LogP contribution in [-0.2, 0) is 25.6 Å². The Morgan fingerprint density at radius 1 is 1.09 bits per heavy atom. The molecule has 1 heterocycles. The van der Waals surface area contributed by atoms with Gasteiger partial charge < -0.3 is 31.2 Å². The molecule has 33 heavy (non-hydrogen) atoms. The van der Waals surface area contributed by atoms with Crippen LogP contribution in [0.1, 0.15) is 25.3 Å². The number of aromatic nitrogens is 1. The number of carbonyl (C=O) groups is 4. The molecule has 0 saturated heterocycles. The average Bonchev–Trinajstić information content (AvgIpc) is 3.17. The molecule has 10 heteroatoms. The van der Waals surface area contributed by atoms with Gasteiger partial charge in [0, 0.05) is 50.0 Å². The largest absolute Gasteiger partial charge is 0.361 e. The Bertz CT molecular complexity index is 1000. The zero-order chi connectivity index (χ0) is 24.4. The van der Waals surface area contributed by atoms with Crippen molar-refractivity contribution in [2.45, 2.75) is 38.3 Å². The summed E-state index contributed by atoms with van der Waals surface area (Å²) in [6, 6.07) is 5.76. The molecule has 1 aromatic carbocycles. The number of amides is 3. The third-order valence-corrected chi connectivity index (χ3v) is 5.12. The molecule has 0 saturated carbocycles. The number of hydrogen-bond acceptors (Lipinski definition) is 6. The van der Waals surface area contributed by atoms with E-state index in [0.29, 0.717) is 19.3 Å². The fraction of sp³-hybridized carbons (Fsp3) is 0.435. The number of aromatic amines is 1. The van der Waals surface area contributed by atoms with Crippen LogP contribution in [0.4, 0.5) is 0 Å². The number of benzene rings is 1. The molecular formula is C23H32N6O4. The van der Waals surface area contributed by atoms with Gasteiger partial charge in [-0.3, -0.25) is 19.2 Å². The second kappa shape index (κ2) is 12.5. The number of fused-ring (bicyclic) bond motifs is 1. The topological polar surface area (TPSA) is 147 Å². The second-order valence-corrected chi connectivity index (χ2v) is 8.12. The van der Waals surface area contributed by atoms with Crippen molar-refractivity contribution in [1.29, 1.82) is 5.41 Å². The predicted molar refractivity (Wildman–Crippen MR) is 126 cm³/mol. The molecule has 3 amide bonds. The number of likely N-dealkylation sites (N-methyl/N-ethyl adjacent to an activating group) is 1. The summed E-state index contributed by atoms with van der Waals surface area (Å²) in [5.41, 5.74) is 1.77. The van der Waals surface area contributed by atoms with Crippen LogP contribution in [-0.4, -0.2) is 78.9 Å². The van der Waals surface area contributed by atoms with Crippen molar-refractivity contribution in [3.05, 3.63) is 36.0 Å². The van der Waals surface area contributed by atoms with Crippen molar-refractivity contribution in [3.63, 3.8) is 0 Å². The second-order valence-electron chi connectivity index (χ2n) is 8.12. The summed E-state index contributed by atoms with van der Waals surface area (Å²) >= 11 is 0. The Hall–Kier alpha value is -3.53. The lowest BCUT2D eigenvalue weighted by atomic mass is 10.0. The number of hydrogen-bond donors (Lipinski definition) is 5. The zero-order valence-electron chi connectivity index (χ0n) is 19.2. The van der Waals surface area contributed by atoms with E-state index in [9.17, 15) is 19.2 Å². The molecule has 5 N–H and O–H groups in total. The maximum atomic E-state index is 13.1. The van der Waals surface area contributed by atoms with Crippen LogP contribution in [0.3, 0.4) is 0 Å². The highest BCUT2D eigenvalue weighted by molar-refractivity contribution is 6.26. The van der Waals surface area contributed by atoms with Crippen LogP contribution in [0, 0.1) is 5.41 Å². The van der Waals surface area contributed by atoms with Crippen molar-refractivity contribution in [2.24, 2.45) is 0 Å². The van der Waals surface area contributed by atoms with Gasteiger partial charge >= 0.3 is 0 Å². The van der Waals surface area contributed by atoms with Crippen LogP contribution in [0.2, 0.25) is 0 Å². The highest BCUT2D eigenvalue weighted by atomic mass is 16.2. The molecule has 0 aliphatic heterocycles. The van der Waals surface area contributed by atoms with Crippen LogP contribution in [0.25, 0.3) is 10.9 Å². The van der Waals surface area contributed by atoms with Crippen molar-refractivity contribution in [1.82, 2.24) is 25.8 Å². The van der Waals surface area contributed by atoms with Gasteiger partial charge in [-0.15, -0.1) is 0 Å². The molecule has 0 aliphatic carbocycles. The molecule has 1 aromatic heterocycles. The first-order valence-electron chi connectivity index (χ1n) is 10.8. The van der Waals surface area contributed by atoms with Crippen LogP contribution in [0.15, 0.2) is 30.5 Å². The number of rotatable bonds is 13. The van der Waals surface area contributed by atoms with Crippen LogP contribution in [0.5, 0.6) is 0 Å². The molecule has 0 bridgehead atoms. The molecule has 10 nitrogen and oxygen atoms in total. The zero-order valence-corrected chi connectivity index (χ0v) is 19.2. The smallest absolute Gasteiger partial charge is 0.243 e. The maximum absolute atomic E-state index is 13.1. The minimum atomic E-state index is -0.970. The highest BCUT2D eigenvalue weighted by Gasteiger charge is 2.27. The normalized spacial score (nSPS) is 12.7. The van der Waals surface area contributed by atoms with E-state index in [0.717, 1.165) is 16.5 Å². The molecular weight excluding hydrogens is 424 g/mol. The summed E-state index contributed by atoms with van der Waals surface area (Å²) in [5, 5.41) is 16.1. The van der Waals surface area contributed by atoms with E-state index < -0.39 is 29.7 Å². The van der Waals surface area contributed by atoms with E-state index in [1.807, 2.05) is 43.3 Å². The van der Waals surface area contributed by atoms with Gasteiger partial charge in [0.05, 0.1) is 6.21 Å². The van der Waals surface area contributed by atoms with Gasteiger partial charge in [-0.1, -0.05) is 18.2 Å². The molecule has 178 valence electrons. The van der Waals surface area contributed by atoms with Gasteiger partial charge in [0.2, 0.25) is 17.7 Å². The summed E-state index contributed by atoms with van der Waals surface area (Å²) in [6.07, 6.45) is 2.71. The number of carbonyl (C=O) groups excluding carboxylic acids is 4. The van der Waals surface area contributed by atoms with Crippen molar-refractivity contribution >= 4 is 40.6 Å². The minimum Gasteiger partial charge on any atom is -0.361 e. The minimum absolute atomic E-state index is 0.0492. The Balaban J connectivity index is 2.15. The summed E-state index contributed by atoms with van der Waals surface area (Å²) in [6.45, 7) is 2.31. The van der Waals surface area contributed by atoms with E-state index in [1.165, 1.54) is 6.92 Å². The van der Waals surface area contributed by atoms with Gasteiger partial charge in [-0.2, -0.15) is 0 Å². The first kappa shape index (κ1) is 25.7. The van der Waals surface area contributed by atoms with E-state index >= 15 is 0 Å². The maximum Gasteiger partial charge on any atom is 0.243 e. The molecule has 0 radical (unpaired) electrons. The molecule has 0 fully saturated rings. The SMILES string of the molecule is CC(=O)N[C@@H](Cc1c[nH]c2ccccc12)C(=O)N[C@@H](CCC(=O)C=N)C(=O)NCCN(C)C. The average molecular weight is 457 g/mol. The Labute approximate surface area is 193 Å². The standard InChI is InChI=1S/C23H32N6O4/c1-15(30)27-21(12-16-14-26-19-7-5-4-6-18(16)19)23(33)28-20(9-8-17(31)13-24)22(32)25-10-11-29(2)3/h4-7,13-14,20-21,24,26H,8-12H2,1-3H3,(H,25,32)(H,27,30)(H,28,33)/t20-,21-/m0/s1. The van der Waals surface area contributed by atoms with E-state index in [4.69, 9.17) is 5.41 Å². The van der Waals surface area contributed by atoms with E-state index in [-0.39, 0.29) is 25.2 Å². The van der Waals surface area contributed by atoms with Crippen molar-refractivity contribution in [2.75, 3.05) is 27.2 Å². The number of para-hydroxylation sites is 1. The number of nitrogens with one attached hydrogen (secondary N) is 5. The van der Waals surface area contributed by atoms with Gasteiger partial charge in [-0.25, -0.2) is 0 Å². The van der Waals surface area contributed by atoms with Crippen LogP contribution >= 0.6 is 0 Å². The molecule has 2 atom stereocenters. The lowest BCUT2D eigenvalue weighted by Crippen LogP contribution is -2.54. The molecule has 0 unspecified atom stereocenters. The molecule has 0 spiro atoms. The van der Waals surface area contributed by atoms with Gasteiger partial charge in [0.15, 0.2) is 5.78 Å². The third-order valence-electron chi connectivity index (χ3n) is 5.12. The van der Waals surface area contributed by atoms with E-state index in [1.54, 1.807) is 6.20 Å². The number of H-pyrrole nitrogens is 1. The van der Waals surface area contributed by atoms with Crippen molar-refractivity contribution in [3.8, 4) is 0 Å². The fourth-order valence-electron chi connectivity index (χ4n) is 3.40. The predicted octanol–water partition coefficient (Wildman–Crippen LogP) is 0.377. The summed E-state index contributed by atoms with van der Waals surface area (Å²) in [5.74, 6) is -1.75. The number of ketones is 1. The molecule has 2 aromatic rings. The van der Waals surface area contributed by atoms with E-state index in [2.05, 4.69) is 20.9 Å². The number of Topliss-reactive ketones (excluding diaryl/α,β-unsaturated/α-hetero) is 1. The fourth-order valence-corrected chi connectivity index (χ4v) is 3.40. The van der Waals surface area contributed by atoms with Gasteiger partial charge in [0.1, 0.15) is 12.1 Å². The Kier molecular flexibility index (Phi) is 9.74. The Morgan fingerprint density at radius 3 is 2.48 bits per heavy atom. The van der Waals surface area contributed by atoms with Crippen LogP contribution < -0.4 is 16.0 Å². The van der Waals surface area contributed by atoms with Gasteiger partial charge in [-0.05, 0) is 32.1 Å². The molecule has 0 aliphatic rings. The first-order chi connectivity index (χ1) is 15.7. The lowest BCUT2D eigenvalue weighted by Gasteiger charge is -2.23. The molecule has 2 rings (SSSR count). The monoisotopic (exact) mass is 456 g/mol. The summed E-state index contributed by atoms with van der Waals surface area (Å²) in [4.78, 5) is 54.2. The highest BCUT2D eigenvalue weighted by Crippen LogP contribution is 2.19. The summed E-state index contributed by atoms with van der Waals surface area (Å²) in [7, 11) is 3.74. The first-order valence-corrected chi connectivity index (χ1v) is 10.8. The van der Waals surface area contributed by atoms with Crippen molar-refractivity contribution < 1.29 is 19.2 Å².